The Morgan fingerprint density at radius 2 is 1.61 bits per heavy atom. The molecule has 2 unspecified atom stereocenters. The molecule has 0 aromatic heterocycles. The zero-order valence-corrected chi connectivity index (χ0v) is 12.6. The monoisotopic (exact) mass is 251 g/mol. The van der Waals surface area contributed by atoms with Gasteiger partial charge in [0.05, 0.1) is 0 Å². The van der Waals surface area contributed by atoms with Crippen molar-refractivity contribution in [3.05, 3.63) is 0 Å². The summed E-state index contributed by atoms with van der Waals surface area (Å²) in [6, 6.07) is 0. The molecule has 0 radical (unpaired) electrons. The summed E-state index contributed by atoms with van der Waals surface area (Å²) in [6.07, 6.45) is 13.5. The molecule has 2 rings (SSSR count). The first-order chi connectivity index (χ1) is 8.85. The molecule has 0 bridgehead atoms. The third-order valence-corrected chi connectivity index (χ3v) is 5.70. The number of hydrogen-bond donors (Lipinski definition) is 1. The normalized spacial score (nSPS) is 37.7. The van der Waals surface area contributed by atoms with E-state index in [9.17, 15) is 0 Å². The van der Waals surface area contributed by atoms with Crippen LogP contribution >= 0.6 is 0 Å². The van der Waals surface area contributed by atoms with Crippen molar-refractivity contribution >= 4 is 0 Å². The maximum absolute atomic E-state index is 3.61. The van der Waals surface area contributed by atoms with Gasteiger partial charge in [-0.2, -0.15) is 0 Å². The summed E-state index contributed by atoms with van der Waals surface area (Å²) in [5, 5.41) is 3.61. The first kappa shape index (κ1) is 14.4. The molecule has 0 heterocycles. The average molecular weight is 251 g/mol. The van der Waals surface area contributed by atoms with E-state index in [-0.39, 0.29) is 0 Å². The van der Waals surface area contributed by atoms with Gasteiger partial charge in [0, 0.05) is 0 Å². The van der Waals surface area contributed by atoms with E-state index < -0.39 is 0 Å². The van der Waals surface area contributed by atoms with E-state index in [1.165, 1.54) is 64.3 Å². The van der Waals surface area contributed by atoms with Gasteiger partial charge in [-0.15, -0.1) is 0 Å². The maximum Gasteiger partial charge on any atom is -0.00179 e. The predicted molar refractivity (Wildman–Crippen MR) is 79.7 cm³/mol. The molecule has 2 aliphatic rings. The molecule has 0 aromatic rings. The van der Waals surface area contributed by atoms with Crippen molar-refractivity contribution in [2.24, 2.45) is 23.7 Å². The Bertz CT molecular complexity index is 218. The second-order valence-corrected chi connectivity index (χ2v) is 6.71. The minimum absolute atomic E-state index is 0.988. The number of rotatable bonds is 5. The molecule has 0 saturated heterocycles. The summed E-state index contributed by atoms with van der Waals surface area (Å²) in [5.74, 6) is 4.16. The van der Waals surface area contributed by atoms with Crippen molar-refractivity contribution in [1.82, 2.24) is 5.32 Å². The molecule has 2 fully saturated rings. The van der Waals surface area contributed by atoms with Gasteiger partial charge in [-0.1, -0.05) is 46.0 Å². The van der Waals surface area contributed by atoms with E-state index >= 15 is 0 Å². The van der Waals surface area contributed by atoms with Crippen LogP contribution in [0.4, 0.5) is 0 Å². The number of nitrogens with one attached hydrogen (secondary N) is 1. The van der Waals surface area contributed by atoms with Gasteiger partial charge in [-0.25, -0.2) is 0 Å². The van der Waals surface area contributed by atoms with Crippen molar-refractivity contribution in [3.63, 3.8) is 0 Å². The summed E-state index contributed by atoms with van der Waals surface area (Å²) in [5.41, 5.74) is 0. The van der Waals surface area contributed by atoms with Crippen molar-refractivity contribution in [3.8, 4) is 0 Å². The Labute approximate surface area is 114 Å². The summed E-state index contributed by atoms with van der Waals surface area (Å²) in [4.78, 5) is 0. The SMILES string of the molecule is CCNCC1CCCCC1C1CCC(CC)CC1. The molecule has 18 heavy (non-hydrogen) atoms. The van der Waals surface area contributed by atoms with Crippen LogP contribution in [0.25, 0.3) is 0 Å². The highest BCUT2D eigenvalue weighted by molar-refractivity contribution is 4.85. The molecule has 0 amide bonds. The van der Waals surface area contributed by atoms with Gasteiger partial charge in [0.2, 0.25) is 0 Å². The Hall–Kier alpha value is -0.0400. The lowest BCUT2D eigenvalue weighted by molar-refractivity contribution is 0.111. The van der Waals surface area contributed by atoms with E-state index in [0.29, 0.717) is 0 Å². The standard InChI is InChI=1S/C17H33N/c1-3-14-9-11-15(12-10-14)17-8-6-5-7-16(17)13-18-4-2/h14-18H,3-13H2,1-2H3. The van der Waals surface area contributed by atoms with E-state index in [2.05, 4.69) is 19.2 Å². The van der Waals surface area contributed by atoms with Gasteiger partial charge in [-0.3, -0.25) is 0 Å². The topological polar surface area (TPSA) is 12.0 Å². The van der Waals surface area contributed by atoms with Crippen LogP contribution in [0.2, 0.25) is 0 Å². The van der Waals surface area contributed by atoms with Crippen LogP contribution in [0.5, 0.6) is 0 Å². The van der Waals surface area contributed by atoms with Gasteiger partial charge in [0.15, 0.2) is 0 Å². The van der Waals surface area contributed by atoms with E-state index in [4.69, 9.17) is 0 Å². The lowest BCUT2D eigenvalue weighted by atomic mass is 9.66. The Morgan fingerprint density at radius 1 is 0.889 bits per heavy atom. The van der Waals surface area contributed by atoms with Gasteiger partial charge < -0.3 is 5.32 Å². The Balaban J connectivity index is 1.84. The van der Waals surface area contributed by atoms with Gasteiger partial charge in [0.25, 0.3) is 0 Å². The van der Waals surface area contributed by atoms with Crippen LogP contribution in [0.3, 0.4) is 0 Å². The second kappa shape index (κ2) is 7.53. The van der Waals surface area contributed by atoms with Gasteiger partial charge in [-0.05, 0) is 62.4 Å². The fourth-order valence-electron chi connectivity index (χ4n) is 4.46. The van der Waals surface area contributed by atoms with Crippen molar-refractivity contribution in [1.29, 1.82) is 0 Å². The molecule has 1 nitrogen and oxygen atoms in total. The molecule has 0 spiro atoms. The van der Waals surface area contributed by atoms with E-state index in [1.807, 2.05) is 0 Å². The molecular formula is C17H33N. The third kappa shape index (κ3) is 3.73. The zero-order chi connectivity index (χ0) is 12.8. The fourth-order valence-corrected chi connectivity index (χ4v) is 4.46. The summed E-state index contributed by atoms with van der Waals surface area (Å²) in [6.45, 7) is 7.05. The quantitative estimate of drug-likeness (QED) is 0.752. The molecule has 2 aliphatic carbocycles. The van der Waals surface area contributed by atoms with E-state index in [1.54, 1.807) is 0 Å². The minimum Gasteiger partial charge on any atom is -0.317 e. The van der Waals surface area contributed by atoms with Crippen molar-refractivity contribution < 1.29 is 0 Å². The van der Waals surface area contributed by atoms with Crippen LogP contribution in [0.15, 0.2) is 0 Å². The number of hydrogen-bond acceptors (Lipinski definition) is 1. The van der Waals surface area contributed by atoms with Crippen LogP contribution in [0, 0.1) is 23.7 Å². The smallest absolute Gasteiger partial charge is 0.00179 e. The van der Waals surface area contributed by atoms with Crippen molar-refractivity contribution in [2.45, 2.75) is 71.6 Å². The zero-order valence-electron chi connectivity index (χ0n) is 12.6. The van der Waals surface area contributed by atoms with E-state index in [0.717, 1.165) is 30.2 Å². The first-order valence-corrected chi connectivity index (χ1v) is 8.55. The fraction of sp³-hybridized carbons (Fsp3) is 1.00. The highest BCUT2D eigenvalue weighted by atomic mass is 14.8. The maximum atomic E-state index is 3.61. The Morgan fingerprint density at radius 3 is 2.28 bits per heavy atom. The largest absolute Gasteiger partial charge is 0.317 e. The van der Waals surface area contributed by atoms with Crippen LogP contribution in [0.1, 0.15) is 71.6 Å². The molecule has 1 heteroatoms. The molecule has 1 N–H and O–H groups in total. The Kier molecular flexibility index (Phi) is 6.01. The summed E-state index contributed by atoms with van der Waals surface area (Å²) >= 11 is 0. The first-order valence-electron chi connectivity index (χ1n) is 8.55. The lowest BCUT2D eigenvalue weighted by Gasteiger charge is -2.40. The third-order valence-electron chi connectivity index (χ3n) is 5.70. The van der Waals surface area contributed by atoms with Gasteiger partial charge >= 0.3 is 0 Å². The van der Waals surface area contributed by atoms with Crippen molar-refractivity contribution in [2.75, 3.05) is 13.1 Å². The summed E-state index contributed by atoms with van der Waals surface area (Å²) in [7, 11) is 0. The predicted octanol–water partition coefficient (Wildman–Crippen LogP) is 4.62. The summed E-state index contributed by atoms with van der Waals surface area (Å²) < 4.78 is 0. The lowest BCUT2D eigenvalue weighted by Crippen LogP contribution is -2.35. The molecule has 2 atom stereocenters. The minimum atomic E-state index is 0.988. The highest BCUT2D eigenvalue weighted by Crippen LogP contribution is 2.43. The van der Waals surface area contributed by atoms with Gasteiger partial charge in [0.1, 0.15) is 0 Å². The highest BCUT2D eigenvalue weighted by Gasteiger charge is 2.33. The van der Waals surface area contributed by atoms with Crippen LogP contribution < -0.4 is 5.32 Å². The molecule has 0 aliphatic heterocycles. The molecule has 0 aromatic carbocycles. The molecular weight excluding hydrogens is 218 g/mol. The molecule has 106 valence electrons. The van der Waals surface area contributed by atoms with Crippen LogP contribution in [-0.2, 0) is 0 Å². The second-order valence-electron chi connectivity index (χ2n) is 6.71. The van der Waals surface area contributed by atoms with Crippen LogP contribution in [-0.4, -0.2) is 13.1 Å². The average Bonchev–Trinajstić information content (AvgIpc) is 2.45. The molecule has 2 saturated carbocycles.